The number of aromatic nitrogens is 1. The van der Waals surface area contributed by atoms with E-state index in [1.165, 1.54) is 10.9 Å². The van der Waals surface area contributed by atoms with Gasteiger partial charge in [-0.05, 0) is 18.6 Å². The SMILES string of the molecule is Cc1cn2c3c(cccc13)C(=O)CC2. The molecule has 0 unspecified atom stereocenters. The molecule has 70 valence electrons. The van der Waals surface area contributed by atoms with Gasteiger partial charge in [0.1, 0.15) is 0 Å². The fourth-order valence-electron chi connectivity index (χ4n) is 2.30. The number of rotatable bonds is 0. The van der Waals surface area contributed by atoms with Crippen LogP contribution in [0.15, 0.2) is 24.4 Å². The molecule has 0 atom stereocenters. The summed E-state index contributed by atoms with van der Waals surface area (Å²) in [5, 5.41) is 1.22. The molecule has 0 N–H and O–H groups in total. The molecular formula is C12H11NO. The molecule has 1 aliphatic heterocycles. The first kappa shape index (κ1) is 7.80. The average molecular weight is 185 g/mol. The van der Waals surface area contributed by atoms with E-state index in [1.54, 1.807) is 0 Å². The highest BCUT2D eigenvalue weighted by atomic mass is 16.1. The molecule has 1 aromatic heterocycles. The lowest BCUT2D eigenvalue weighted by Crippen LogP contribution is -2.13. The van der Waals surface area contributed by atoms with Gasteiger partial charge in [0.05, 0.1) is 5.52 Å². The Bertz CT molecular complexity index is 536. The lowest BCUT2D eigenvalue weighted by atomic mass is 10.0. The summed E-state index contributed by atoms with van der Waals surface area (Å²) in [6, 6.07) is 5.99. The molecule has 0 amide bonds. The number of carbonyl (C=O) groups is 1. The number of Topliss-reactive ketones (excluding diaryl/α,β-unsaturated/α-hetero) is 1. The Labute approximate surface area is 82.1 Å². The summed E-state index contributed by atoms with van der Waals surface area (Å²) >= 11 is 0. The normalized spacial score (nSPS) is 15.1. The summed E-state index contributed by atoms with van der Waals surface area (Å²) < 4.78 is 2.20. The molecule has 0 bridgehead atoms. The predicted octanol–water partition coefficient (Wildman–Crippen LogP) is 2.54. The monoisotopic (exact) mass is 185 g/mol. The van der Waals surface area contributed by atoms with Crippen LogP contribution in [0.4, 0.5) is 0 Å². The van der Waals surface area contributed by atoms with Gasteiger partial charge in [-0.25, -0.2) is 0 Å². The van der Waals surface area contributed by atoms with Gasteiger partial charge in [0, 0.05) is 30.1 Å². The third kappa shape index (κ3) is 0.830. The van der Waals surface area contributed by atoms with Crippen LogP contribution in [0.1, 0.15) is 22.3 Å². The van der Waals surface area contributed by atoms with Crippen molar-refractivity contribution in [3.05, 3.63) is 35.5 Å². The second-order valence-corrected chi connectivity index (χ2v) is 3.88. The van der Waals surface area contributed by atoms with Crippen LogP contribution in [0.25, 0.3) is 10.9 Å². The minimum absolute atomic E-state index is 0.279. The average Bonchev–Trinajstić information content (AvgIpc) is 2.52. The summed E-state index contributed by atoms with van der Waals surface area (Å²) in [5.41, 5.74) is 3.28. The van der Waals surface area contributed by atoms with Crippen molar-refractivity contribution in [3.63, 3.8) is 0 Å². The maximum absolute atomic E-state index is 11.7. The summed E-state index contributed by atoms with van der Waals surface area (Å²) in [6.07, 6.45) is 2.78. The van der Waals surface area contributed by atoms with Crippen LogP contribution in [0.3, 0.4) is 0 Å². The Kier molecular flexibility index (Phi) is 1.38. The first-order chi connectivity index (χ1) is 6.77. The van der Waals surface area contributed by atoms with Crippen LogP contribution >= 0.6 is 0 Å². The van der Waals surface area contributed by atoms with Gasteiger partial charge in [-0.2, -0.15) is 0 Å². The molecule has 2 heterocycles. The fraction of sp³-hybridized carbons (Fsp3) is 0.250. The summed E-state index contributed by atoms with van der Waals surface area (Å²) in [7, 11) is 0. The van der Waals surface area contributed by atoms with E-state index in [0.717, 1.165) is 17.6 Å². The zero-order valence-corrected chi connectivity index (χ0v) is 8.08. The van der Waals surface area contributed by atoms with Crippen molar-refractivity contribution < 1.29 is 4.79 Å². The molecule has 0 fully saturated rings. The molecule has 1 aromatic carbocycles. The number of benzene rings is 1. The number of para-hydroxylation sites is 1. The van der Waals surface area contributed by atoms with Crippen LogP contribution in [-0.2, 0) is 6.54 Å². The molecule has 0 aliphatic carbocycles. The molecular weight excluding hydrogens is 174 g/mol. The van der Waals surface area contributed by atoms with E-state index >= 15 is 0 Å². The van der Waals surface area contributed by atoms with Crippen molar-refractivity contribution in [2.24, 2.45) is 0 Å². The van der Waals surface area contributed by atoms with Gasteiger partial charge in [0.2, 0.25) is 0 Å². The predicted molar refractivity (Wildman–Crippen MR) is 55.6 cm³/mol. The molecule has 2 nitrogen and oxygen atoms in total. The zero-order valence-electron chi connectivity index (χ0n) is 8.08. The standard InChI is InChI=1S/C12H11NO/c1-8-7-13-6-5-11(14)10-4-2-3-9(8)12(10)13/h2-4,7H,5-6H2,1H3. The van der Waals surface area contributed by atoms with Gasteiger partial charge in [-0.3, -0.25) is 4.79 Å². The van der Waals surface area contributed by atoms with E-state index < -0.39 is 0 Å². The van der Waals surface area contributed by atoms with Gasteiger partial charge >= 0.3 is 0 Å². The van der Waals surface area contributed by atoms with Crippen molar-refractivity contribution >= 4 is 16.7 Å². The largest absolute Gasteiger partial charge is 0.346 e. The van der Waals surface area contributed by atoms with E-state index in [-0.39, 0.29) is 5.78 Å². The van der Waals surface area contributed by atoms with Gasteiger partial charge in [0.15, 0.2) is 5.78 Å². The maximum atomic E-state index is 11.7. The third-order valence-corrected chi connectivity index (χ3v) is 2.98. The molecule has 2 aromatic rings. The molecule has 2 heteroatoms. The van der Waals surface area contributed by atoms with Crippen molar-refractivity contribution in [1.29, 1.82) is 0 Å². The smallest absolute Gasteiger partial charge is 0.166 e. The number of nitrogens with zero attached hydrogens (tertiary/aromatic N) is 1. The molecule has 14 heavy (non-hydrogen) atoms. The number of carbonyl (C=O) groups excluding carboxylic acids is 1. The Balaban J connectivity index is 2.53. The number of aryl methyl sites for hydroxylation is 2. The van der Waals surface area contributed by atoms with Gasteiger partial charge in [-0.15, -0.1) is 0 Å². The molecule has 0 saturated carbocycles. The third-order valence-electron chi connectivity index (χ3n) is 2.98. The summed E-state index contributed by atoms with van der Waals surface area (Å²) in [6.45, 7) is 2.93. The lowest BCUT2D eigenvalue weighted by molar-refractivity contribution is 0.0973. The highest BCUT2D eigenvalue weighted by Crippen LogP contribution is 2.28. The van der Waals surface area contributed by atoms with E-state index in [2.05, 4.69) is 23.8 Å². The van der Waals surface area contributed by atoms with E-state index in [0.29, 0.717) is 6.42 Å². The first-order valence-corrected chi connectivity index (χ1v) is 4.89. The Morgan fingerprint density at radius 1 is 1.36 bits per heavy atom. The molecule has 3 rings (SSSR count). The topological polar surface area (TPSA) is 22.0 Å². The van der Waals surface area contributed by atoms with Crippen LogP contribution in [-0.4, -0.2) is 10.4 Å². The molecule has 1 aliphatic rings. The number of ketones is 1. The minimum atomic E-state index is 0.279. The Morgan fingerprint density at radius 3 is 3.07 bits per heavy atom. The quantitative estimate of drug-likeness (QED) is 0.618. The number of hydrogen-bond acceptors (Lipinski definition) is 1. The van der Waals surface area contributed by atoms with E-state index in [4.69, 9.17) is 0 Å². The van der Waals surface area contributed by atoms with Crippen LogP contribution in [0.5, 0.6) is 0 Å². The second-order valence-electron chi connectivity index (χ2n) is 3.88. The summed E-state index contributed by atoms with van der Waals surface area (Å²) in [4.78, 5) is 11.7. The van der Waals surface area contributed by atoms with Crippen LogP contribution in [0.2, 0.25) is 0 Å². The highest BCUT2D eigenvalue weighted by Gasteiger charge is 2.19. The van der Waals surface area contributed by atoms with Crippen molar-refractivity contribution in [3.8, 4) is 0 Å². The molecule has 0 saturated heterocycles. The van der Waals surface area contributed by atoms with Gasteiger partial charge in [0.25, 0.3) is 0 Å². The second kappa shape index (κ2) is 2.47. The van der Waals surface area contributed by atoms with Crippen molar-refractivity contribution in [2.45, 2.75) is 19.9 Å². The van der Waals surface area contributed by atoms with E-state index in [1.807, 2.05) is 12.1 Å². The van der Waals surface area contributed by atoms with Crippen LogP contribution < -0.4 is 0 Å². The Hall–Kier alpha value is -1.57. The number of hydrogen-bond donors (Lipinski definition) is 0. The fourth-order valence-corrected chi connectivity index (χ4v) is 2.30. The Morgan fingerprint density at radius 2 is 2.21 bits per heavy atom. The minimum Gasteiger partial charge on any atom is -0.346 e. The highest BCUT2D eigenvalue weighted by molar-refractivity contribution is 6.08. The van der Waals surface area contributed by atoms with Crippen molar-refractivity contribution in [1.82, 2.24) is 4.57 Å². The first-order valence-electron chi connectivity index (χ1n) is 4.89. The maximum Gasteiger partial charge on any atom is 0.166 e. The van der Waals surface area contributed by atoms with Crippen molar-refractivity contribution in [2.75, 3.05) is 0 Å². The van der Waals surface area contributed by atoms with Gasteiger partial charge in [-0.1, -0.05) is 12.1 Å². The molecule has 0 radical (unpaired) electrons. The summed E-state index contributed by atoms with van der Waals surface area (Å²) in [5.74, 6) is 0.279. The lowest BCUT2D eigenvalue weighted by Gasteiger charge is -2.13. The molecule has 0 spiro atoms. The zero-order chi connectivity index (χ0) is 9.71. The van der Waals surface area contributed by atoms with E-state index in [9.17, 15) is 4.79 Å². The van der Waals surface area contributed by atoms with Crippen LogP contribution in [0, 0.1) is 6.92 Å². The van der Waals surface area contributed by atoms with Gasteiger partial charge < -0.3 is 4.57 Å².